The summed E-state index contributed by atoms with van der Waals surface area (Å²) >= 11 is 0. The molecule has 68 valence electrons. The number of nitrogens with zero attached hydrogens (tertiary/aromatic N) is 1. The Bertz CT molecular complexity index is 175. The van der Waals surface area contributed by atoms with Crippen LogP contribution in [0.1, 0.15) is 32.6 Å². The zero-order chi connectivity index (χ0) is 8.81. The monoisotopic (exact) mass is 167 g/mol. The third kappa shape index (κ3) is 2.68. The van der Waals surface area contributed by atoms with Gasteiger partial charge in [-0.3, -0.25) is 4.79 Å². The van der Waals surface area contributed by atoms with Gasteiger partial charge in [-0.15, -0.1) is 0 Å². The molecule has 0 aliphatic carbocycles. The highest BCUT2D eigenvalue weighted by atomic mass is 16.2. The standard InChI is InChI=1S/C10H17NO/c1-2-3-8-11-9-6-4-5-7-10(11)12/h2-3H,4-9H2,1H3. The normalized spacial score (nSPS) is 20.1. The predicted molar refractivity (Wildman–Crippen MR) is 49.9 cm³/mol. The van der Waals surface area contributed by atoms with Gasteiger partial charge in [0, 0.05) is 19.5 Å². The van der Waals surface area contributed by atoms with E-state index in [1.54, 1.807) is 0 Å². The molecule has 1 aliphatic heterocycles. The molecular formula is C10H17NO. The van der Waals surface area contributed by atoms with Crippen LogP contribution in [0.25, 0.3) is 0 Å². The Labute approximate surface area is 74.2 Å². The first-order valence-corrected chi connectivity index (χ1v) is 4.73. The van der Waals surface area contributed by atoms with Gasteiger partial charge in [0.1, 0.15) is 0 Å². The van der Waals surface area contributed by atoms with E-state index >= 15 is 0 Å². The van der Waals surface area contributed by atoms with E-state index in [0.717, 1.165) is 25.9 Å². The summed E-state index contributed by atoms with van der Waals surface area (Å²) in [4.78, 5) is 13.4. The first-order chi connectivity index (χ1) is 5.84. The number of carbonyl (C=O) groups is 1. The smallest absolute Gasteiger partial charge is 0.222 e. The lowest BCUT2D eigenvalue weighted by Crippen LogP contribution is -2.30. The van der Waals surface area contributed by atoms with Crippen molar-refractivity contribution in [1.29, 1.82) is 0 Å². The van der Waals surface area contributed by atoms with E-state index in [9.17, 15) is 4.79 Å². The van der Waals surface area contributed by atoms with Crippen LogP contribution in [0.4, 0.5) is 0 Å². The summed E-state index contributed by atoms with van der Waals surface area (Å²) in [6.45, 7) is 3.74. The first kappa shape index (κ1) is 9.30. The van der Waals surface area contributed by atoms with Gasteiger partial charge < -0.3 is 4.90 Å². The molecule has 0 spiro atoms. The second kappa shape index (κ2) is 4.96. The first-order valence-electron chi connectivity index (χ1n) is 4.73. The van der Waals surface area contributed by atoms with Gasteiger partial charge in [-0.25, -0.2) is 0 Å². The molecule has 2 nitrogen and oxygen atoms in total. The topological polar surface area (TPSA) is 20.3 Å². The van der Waals surface area contributed by atoms with Gasteiger partial charge in [0.25, 0.3) is 0 Å². The molecular weight excluding hydrogens is 150 g/mol. The van der Waals surface area contributed by atoms with E-state index in [2.05, 4.69) is 0 Å². The molecule has 0 N–H and O–H groups in total. The Hall–Kier alpha value is -0.790. The molecule has 0 bridgehead atoms. The minimum absolute atomic E-state index is 0.325. The molecule has 0 unspecified atom stereocenters. The lowest BCUT2D eigenvalue weighted by Gasteiger charge is -2.17. The van der Waals surface area contributed by atoms with Crippen LogP contribution in [0.15, 0.2) is 12.2 Å². The highest BCUT2D eigenvalue weighted by Gasteiger charge is 2.14. The zero-order valence-corrected chi connectivity index (χ0v) is 7.75. The van der Waals surface area contributed by atoms with Crippen LogP contribution in [0.3, 0.4) is 0 Å². The molecule has 1 rings (SSSR count). The number of hydrogen-bond donors (Lipinski definition) is 0. The van der Waals surface area contributed by atoms with Gasteiger partial charge in [0.15, 0.2) is 0 Å². The van der Waals surface area contributed by atoms with Crippen LogP contribution in [0.5, 0.6) is 0 Å². The van der Waals surface area contributed by atoms with Crippen LogP contribution < -0.4 is 0 Å². The number of carbonyl (C=O) groups excluding carboxylic acids is 1. The third-order valence-electron chi connectivity index (χ3n) is 2.23. The summed E-state index contributed by atoms with van der Waals surface area (Å²) in [5, 5.41) is 0. The fourth-order valence-corrected chi connectivity index (χ4v) is 1.46. The number of rotatable bonds is 2. The number of amides is 1. The van der Waals surface area contributed by atoms with Gasteiger partial charge in [-0.2, -0.15) is 0 Å². The fourth-order valence-electron chi connectivity index (χ4n) is 1.46. The average Bonchev–Trinajstić information content (AvgIpc) is 2.27. The average molecular weight is 167 g/mol. The van der Waals surface area contributed by atoms with Crippen molar-refractivity contribution in [1.82, 2.24) is 4.90 Å². The largest absolute Gasteiger partial charge is 0.339 e. The van der Waals surface area contributed by atoms with E-state index in [4.69, 9.17) is 0 Å². The summed E-state index contributed by atoms with van der Waals surface area (Å²) in [5.74, 6) is 0.325. The molecule has 0 atom stereocenters. The summed E-state index contributed by atoms with van der Waals surface area (Å²) in [5.41, 5.74) is 0. The van der Waals surface area contributed by atoms with Gasteiger partial charge in [-0.05, 0) is 19.8 Å². The van der Waals surface area contributed by atoms with Crippen molar-refractivity contribution in [3.05, 3.63) is 12.2 Å². The Morgan fingerprint density at radius 1 is 1.42 bits per heavy atom. The van der Waals surface area contributed by atoms with Gasteiger partial charge in [0.2, 0.25) is 5.91 Å². The molecule has 2 heteroatoms. The van der Waals surface area contributed by atoms with E-state index in [1.165, 1.54) is 12.8 Å². The molecule has 1 amide bonds. The zero-order valence-electron chi connectivity index (χ0n) is 7.75. The second-order valence-electron chi connectivity index (χ2n) is 3.22. The maximum absolute atomic E-state index is 11.4. The van der Waals surface area contributed by atoms with Crippen LogP contribution in [-0.2, 0) is 4.79 Å². The molecule has 0 aromatic carbocycles. The quantitative estimate of drug-likeness (QED) is 0.576. The Morgan fingerprint density at radius 3 is 3.00 bits per heavy atom. The van der Waals surface area contributed by atoms with E-state index < -0.39 is 0 Å². The van der Waals surface area contributed by atoms with Crippen LogP contribution in [0.2, 0.25) is 0 Å². The van der Waals surface area contributed by atoms with Crippen LogP contribution in [-0.4, -0.2) is 23.9 Å². The maximum atomic E-state index is 11.4. The van der Waals surface area contributed by atoms with Crippen molar-refractivity contribution in [3.8, 4) is 0 Å². The summed E-state index contributed by atoms with van der Waals surface area (Å²) in [7, 11) is 0. The molecule has 0 radical (unpaired) electrons. The van der Waals surface area contributed by atoms with Crippen LogP contribution in [0, 0.1) is 0 Å². The Morgan fingerprint density at radius 2 is 2.25 bits per heavy atom. The summed E-state index contributed by atoms with van der Waals surface area (Å²) in [6, 6.07) is 0. The minimum Gasteiger partial charge on any atom is -0.339 e. The number of allylic oxidation sites excluding steroid dienone is 1. The second-order valence-corrected chi connectivity index (χ2v) is 3.22. The van der Waals surface area contributed by atoms with Crippen molar-refractivity contribution in [2.45, 2.75) is 32.6 Å². The van der Waals surface area contributed by atoms with Crippen molar-refractivity contribution in [3.63, 3.8) is 0 Å². The van der Waals surface area contributed by atoms with Gasteiger partial charge in [-0.1, -0.05) is 18.6 Å². The van der Waals surface area contributed by atoms with E-state index in [1.807, 2.05) is 24.0 Å². The lowest BCUT2D eigenvalue weighted by atomic mass is 10.2. The fraction of sp³-hybridized carbons (Fsp3) is 0.700. The highest BCUT2D eigenvalue weighted by molar-refractivity contribution is 5.76. The van der Waals surface area contributed by atoms with E-state index in [-0.39, 0.29) is 0 Å². The van der Waals surface area contributed by atoms with Crippen molar-refractivity contribution >= 4 is 5.91 Å². The summed E-state index contributed by atoms with van der Waals surface area (Å²) in [6.07, 6.45) is 8.24. The molecule has 0 aromatic rings. The number of likely N-dealkylation sites (tertiary alicyclic amines) is 1. The van der Waals surface area contributed by atoms with Crippen molar-refractivity contribution < 1.29 is 4.79 Å². The highest BCUT2D eigenvalue weighted by Crippen LogP contribution is 2.10. The van der Waals surface area contributed by atoms with Crippen LogP contribution >= 0.6 is 0 Å². The van der Waals surface area contributed by atoms with Gasteiger partial charge >= 0.3 is 0 Å². The molecule has 0 aromatic heterocycles. The maximum Gasteiger partial charge on any atom is 0.222 e. The Kier molecular flexibility index (Phi) is 3.85. The predicted octanol–water partition coefficient (Wildman–Crippen LogP) is 1.97. The molecule has 1 heterocycles. The van der Waals surface area contributed by atoms with Crippen molar-refractivity contribution in [2.75, 3.05) is 13.1 Å². The number of hydrogen-bond acceptors (Lipinski definition) is 1. The SMILES string of the molecule is CC=CCN1CCCCCC1=O. The van der Waals surface area contributed by atoms with Gasteiger partial charge in [0.05, 0.1) is 0 Å². The summed E-state index contributed by atoms with van der Waals surface area (Å²) < 4.78 is 0. The lowest BCUT2D eigenvalue weighted by molar-refractivity contribution is -0.130. The molecule has 0 saturated carbocycles. The molecule has 1 aliphatic rings. The van der Waals surface area contributed by atoms with Crippen molar-refractivity contribution in [2.24, 2.45) is 0 Å². The van der Waals surface area contributed by atoms with E-state index in [0.29, 0.717) is 5.91 Å². The molecule has 1 fully saturated rings. The minimum atomic E-state index is 0.325. The Balaban J connectivity index is 2.42. The third-order valence-corrected chi connectivity index (χ3v) is 2.23. The molecule has 1 saturated heterocycles. The molecule has 12 heavy (non-hydrogen) atoms.